The third-order valence-corrected chi connectivity index (χ3v) is 16.1. The summed E-state index contributed by atoms with van der Waals surface area (Å²) < 4.78 is 285. The van der Waals surface area contributed by atoms with Gasteiger partial charge in [0.05, 0.1) is 18.9 Å². The Morgan fingerprint density at radius 1 is 0.676 bits per heavy atom. The van der Waals surface area contributed by atoms with E-state index in [1.165, 1.54) is 70.2 Å². The number of amides is 1. The lowest BCUT2D eigenvalue weighted by Gasteiger charge is -2.44. The van der Waals surface area contributed by atoms with Gasteiger partial charge in [0, 0.05) is 24.5 Å². The highest BCUT2D eigenvalue weighted by Gasteiger charge is 2.95. The van der Waals surface area contributed by atoms with Gasteiger partial charge in [-0.3, -0.25) is 5.32 Å². The Bertz CT molecular complexity index is 2050. The number of carbonyl (C=O) groups is 2. The summed E-state index contributed by atoms with van der Waals surface area (Å²) in [6.45, 7) is 7.36. The molecule has 1 amide bonds. The molecule has 2 rings (SSSR count). The van der Waals surface area contributed by atoms with E-state index in [2.05, 4.69) is 5.32 Å². The monoisotopic (exact) mass is 1040 g/mol. The molecule has 0 unspecified atom stereocenters. The third-order valence-electron chi connectivity index (χ3n) is 10.4. The summed E-state index contributed by atoms with van der Waals surface area (Å²) >= 11 is 0. The van der Waals surface area contributed by atoms with Gasteiger partial charge in [-0.2, -0.15) is 74.6 Å². The fourth-order valence-electron chi connectivity index (χ4n) is 6.49. The van der Waals surface area contributed by atoms with Gasteiger partial charge in [-0.05, 0) is 53.9 Å². The molecule has 0 aromatic heterocycles. The van der Waals surface area contributed by atoms with E-state index in [1.807, 2.05) is 0 Å². The summed E-state index contributed by atoms with van der Waals surface area (Å²) in [4.78, 5) is 24.5. The Morgan fingerprint density at radius 2 is 1.19 bits per heavy atom. The van der Waals surface area contributed by atoms with E-state index >= 15 is 8.78 Å². The summed E-state index contributed by atoms with van der Waals surface area (Å²) in [7, 11) is -4.06. The summed E-state index contributed by atoms with van der Waals surface area (Å²) in [5, 5.41) is 2.13. The van der Waals surface area contributed by atoms with Crippen molar-refractivity contribution >= 4 is 26.1 Å². The van der Waals surface area contributed by atoms with E-state index in [1.54, 1.807) is 13.8 Å². The van der Waals surface area contributed by atoms with Crippen LogP contribution in [0.4, 0.5) is 93.9 Å². The summed E-state index contributed by atoms with van der Waals surface area (Å²) in [5.74, 6) is -60.4. The standard InChI is InChI=1S/C41H44F19NO6Si/c1-7-64-31(62)11-9-8-10-25(6)32(67-33(63)61-30-17-14-27(42)22-29(30)43)26-12-15-28(16-13-26)65-19-20-66-68(23(2)3,24(4)5)21-18-34(44,45)35(46,47)36(48,49)37(50,51)38(52,53)39(54,55)40(56,57)41(58,59)60/h8-17,22-25,32H,7,18-21H2,1-6H3,(H,61,63)/b10-8+,11-9+/t25-,32-/m1/s1. The number of hydrogen-bond donors (Lipinski definition) is 1. The normalized spacial score (nSPS) is 15.0. The molecule has 0 heterocycles. The van der Waals surface area contributed by atoms with Gasteiger partial charge in [0.2, 0.25) is 0 Å². The van der Waals surface area contributed by atoms with Crippen molar-refractivity contribution in [1.82, 2.24) is 0 Å². The first-order chi connectivity index (χ1) is 30.8. The molecule has 0 spiro atoms. The molecule has 0 saturated carbocycles. The third kappa shape index (κ3) is 12.4. The van der Waals surface area contributed by atoms with Crippen molar-refractivity contribution in [3.63, 3.8) is 0 Å². The van der Waals surface area contributed by atoms with Crippen molar-refractivity contribution in [2.75, 3.05) is 25.1 Å². The van der Waals surface area contributed by atoms with Crippen LogP contribution in [0.15, 0.2) is 66.8 Å². The predicted octanol–water partition coefficient (Wildman–Crippen LogP) is 14.1. The number of allylic oxidation sites excluding steroid dienone is 2. The molecule has 1 N–H and O–H groups in total. The lowest BCUT2D eigenvalue weighted by Crippen LogP contribution is -2.74. The highest BCUT2D eigenvalue weighted by molar-refractivity contribution is 6.76. The zero-order valence-electron chi connectivity index (χ0n) is 36.3. The highest BCUT2D eigenvalue weighted by atomic mass is 28.4. The number of ether oxygens (including phenoxy) is 3. The minimum atomic E-state index is -8.72. The van der Waals surface area contributed by atoms with E-state index in [9.17, 15) is 84.2 Å². The van der Waals surface area contributed by atoms with Gasteiger partial charge >= 0.3 is 59.7 Å². The molecule has 0 bridgehead atoms. The van der Waals surface area contributed by atoms with E-state index in [0.717, 1.165) is 18.2 Å². The maximum atomic E-state index is 15.0. The molecule has 2 atom stereocenters. The van der Waals surface area contributed by atoms with Crippen LogP contribution >= 0.6 is 0 Å². The molecule has 0 fully saturated rings. The lowest BCUT2D eigenvalue weighted by molar-refractivity contribution is -0.461. The molecule has 0 saturated heterocycles. The Hall–Kier alpha value is -4.69. The number of rotatable bonds is 24. The second-order valence-corrected chi connectivity index (χ2v) is 20.6. The number of halogens is 19. The van der Waals surface area contributed by atoms with E-state index in [4.69, 9.17) is 18.6 Å². The van der Waals surface area contributed by atoms with Crippen LogP contribution in [0.5, 0.6) is 5.75 Å². The van der Waals surface area contributed by atoms with Crippen molar-refractivity contribution in [2.24, 2.45) is 5.92 Å². The molecule has 27 heteroatoms. The zero-order valence-corrected chi connectivity index (χ0v) is 37.3. The van der Waals surface area contributed by atoms with Gasteiger partial charge in [0.15, 0.2) is 8.32 Å². The molecule has 0 radical (unpaired) electrons. The fraction of sp³-hybridized carbons (Fsp3) is 0.561. The molecule has 0 aliphatic rings. The summed E-state index contributed by atoms with van der Waals surface area (Å²) in [6.07, 6.45) is -7.43. The molecule has 0 aliphatic carbocycles. The largest absolute Gasteiger partial charge is 0.491 e. The average Bonchev–Trinajstić information content (AvgIpc) is 3.21. The van der Waals surface area contributed by atoms with Crippen molar-refractivity contribution in [2.45, 2.75) is 119 Å². The van der Waals surface area contributed by atoms with Crippen molar-refractivity contribution in [3.05, 3.63) is 84.0 Å². The van der Waals surface area contributed by atoms with Crippen LogP contribution in [0.3, 0.4) is 0 Å². The van der Waals surface area contributed by atoms with Gasteiger partial charge in [-0.25, -0.2) is 18.4 Å². The second kappa shape index (κ2) is 21.9. The lowest BCUT2D eigenvalue weighted by atomic mass is 9.88. The van der Waals surface area contributed by atoms with Gasteiger partial charge < -0.3 is 18.6 Å². The maximum absolute atomic E-state index is 15.0. The molecular weight excluding hydrogens is 992 g/mol. The Labute approximate surface area is 377 Å². The quantitative estimate of drug-likeness (QED) is 0.0282. The zero-order chi connectivity index (χ0) is 52.7. The first-order valence-corrected chi connectivity index (χ1v) is 22.1. The van der Waals surface area contributed by atoms with Crippen LogP contribution in [0.2, 0.25) is 17.1 Å². The minimum absolute atomic E-state index is 0.0422. The Balaban J connectivity index is 2.32. The van der Waals surface area contributed by atoms with Crippen molar-refractivity contribution < 1.29 is 112 Å². The number of carbonyl (C=O) groups excluding carboxylic acids is 2. The van der Waals surface area contributed by atoms with Crippen molar-refractivity contribution in [1.29, 1.82) is 0 Å². The van der Waals surface area contributed by atoms with E-state index in [-0.39, 0.29) is 17.9 Å². The molecule has 2 aromatic carbocycles. The molecular formula is C41H44F19NO6Si. The average molecular weight is 1040 g/mol. The summed E-state index contributed by atoms with van der Waals surface area (Å²) in [6, 6.07) is 6.33. The van der Waals surface area contributed by atoms with Gasteiger partial charge in [0.1, 0.15) is 30.1 Å². The number of alkyl halides is 17. The van der Waals surface area contributed by atoms with Gasteiger partial charge in [-0.1, -0.05) is 65.0 Å². The van der Waals surface area contributed by atoms with Crippen LogP contribution in [0, 0.1) is 17.6 Å². The summed E-state index contributed by atoms with van der Waals surface area (Å²) in [5.41, 5.74) is -2.01. The first kappa shape index (κ1) is 59.4. The topological polar surface area (TPSA) is 83.1 Å². The second-order valence-electron chi connectivity index (χ2n) is 15.6. The van der Waals surface area contributed by atoms with Crippen LogP contribution in [-0.2, 0) is 18.7 Å². The Morgan fingerprint density at radius 3 is 1.68 bits per heavy atom. The van der Waals surface area contributed by atoms with Crippen LogP contribution in [0.25, 0.3) is 0 Å². The number of hydrogen-bond acceptors (Lipinski definition) is 6. The van der Waals surface area contributed by atoms with E-state index in [0.29, 0.717) is 6.07 Å². The molecule has 0 aliphatic heterocycles. The smallest absolute Gasteiger partial charge is 0.460 e. The number of nitrogens with one attached hydrogen (secondary N) is 1. The molecule has 7 nitrogen and oxygen atoms in total. The number of benzene rings is 2. The minimum Gasteiger partial charge on any atom is -0.491 e. The molecule has 68 heavy (non-hydrogen) atoms. The SMILES string of the molecule is CCOC(=O)/C=C/C=C/[C@@H](C)[C@@H](OC(=O)Nc1ccc(F)cc1F)c1ccc(OCCO[Si](CCC(F)(F)C(F)(F)C(F)(F)C(F)(F)C(F)(F)C(F)(F)C(F)(F)C(F)(F)F)(C(C)C)C(C)C)cc1. The van der Waals surface area contributed by atoms with Crippen molar-refractivity contribution in [3.8, 4) is 5.75 Å². The number of esters is 1. The van der Waals surface area contributed by atoms with Gasteiger partial charge in [-0.15, -0.1) is 0 Å². The molecule has 2 aromatic rings. The first-order valence-electron chi connectivity index (χ1n) is 19.8. The van der Waals surface area contributed by atoms with Crippen LogP contribution in [-0.4, -0.2) is 87.8 Å². The highest BCUT2D eigenvalue weighted by Crippen LogP contribution is 2.64. The maximum Gasteiger partial charge on any atom is 0.460 e. The predicted molar refractivity (Wildman–Crippen MR) is 207 cm³/mol. The van der Waals surface area contributed by atoms with Gasteiger partial charge in [0.25, 0.3) is 0 Å². The number of anilines is 1. The molecule has 386 valence electrons. The van der Waals surface area contributed by atoms with E-state index < -0.39 is 134 Å². The fourth-order valence-corrected chi connectivity index (χ4v) is 11.0. The Kier molecular flexibility index (Phi) is 19.2. The van der Waals surface area contributed by atoms with Crippen LogP contribution < -0.4 is 10.1 Å². The van der Waals surface area contributed by atoms with Crippen LogP contribution in [0.1, 0.15) is 59.6 Å².